The van der Waals surface area contributed by atoms with Crippen LogP contribution in [0.4, 0.5) is 23.1 Å². The lowest BCUT2D eigenvalue weighted by atomic mass is 10.0. The molecule has 0 unspecified atom stereocenters. The normalized spacial score (nSPS) is 10.5. The summed E-state index contributed by atoms with van der Waals surface area (Å²) in [5.41, 5.74) is 0.638. The molecule has 4 rings (SSSR count). The van der Waals surface area contributed by atoms with E-state index in [2.05, 4.69) is 30.6 Å². The van der Waals surface area contributed by atoms with Crippen LogP contribution in [0, 0.1) is 20.2 Å². The van der Waals surface area contributed by atoms with Crippen LogP contribution in [-0.2, 0) is 0 Å². The van der Waals surface area contributed by atoms with E-state index in [4.69, 9.17) is 0 Å². The maximum atomic E-state index is 12.3. The molecule has 14 nitrogen and oxygen atoms in total. The lowest BCUT2D eigenvalue weighted by Gasteiger charge is -2.14. The number of nitrogens with one attached hydrogen (secondary N) is 2. The van der Waals surface area contributed by atoms with Crippen molar-refractivity contribution in [1.82, 2.24) is 19.9 Å². The van der Waals surface area contributed by atoms with Crippen LogP contribution >= 0.6 is 0 Å². The van der Waals surface area contributed by atoms with E-state index in [1.54, 1.807) is 12.1 Å². The van der Waals surface area contributed by atoms with Crippen molar-refractivity contribution in [3.63, 3.8) is 0 Å². The fourth-order valence-electron chi connectivity index (χ4n) is 3.37. The van der Waals surface area contributed by atoms with Crippen molar-refractivity contribution in [2.24, 2.45) is 0 Å². The number of aromatic carboxylic acids is 1. The Morgan fingerprint density at radius 2 is 1.38 bits per heavy atom. The summed E-state index contributed by atoms with van der Waals surface area (Å²) in [4.78, 5) is 49.7. The number of nitro benzene ring substituents is 1. The molecule has 3 N–H and O–H groups in total. The van der Waals surface area contributed by atoms with Crippen molar-refractivity contribution in [2.45, 2.75) is 0 Å². The second-order valence-corrected chi connectivity index (χ2v) is 7.48. The summed E-state index contributed by atoms with van der Waals surface area (Å²) in [5, 5.41) is 37.8. The van der Waals surface area contributed by atoms with E-state index in [0.717, 1.165) is 6.20 Å². The second-order valence-electron chi connectivity index (χ2n) is 7.48. The van der Waals surface area contributed by atoms with Gasteiger partial charge in [-0.1, -0.05) is 0 Å². The number of nitrogens with zero attached hydrogens (tertiary/aromatic N) is 6. The number of anilines is 2. The van der Waals surface area contributed by atoms with E-state index in [0.29, 0.717) is 30.0 Å². The number of hydrogen-bond acceptors (Lipinski definition) is 11. The van der Waals surface area contributed by atoms with Gasteiger partial charge < -0.3 is 15.7 Å². The SMILES string of the molecule is O=C(O)c1c(-c2ccncc2)nc(NCCNc2ccc([N+](=O)[O-])cn2)nc1-c1ccc([N+](=O)[O-])cc1. The maximum absolute atomic E-state index is 12.3. The standard InChI is InChI=1S/C23H18N8O6/c32-22(33)19-20(14-1-3-16(4-2-14)30(34)35)28-23(29-21(19)15-7-9-24-10-8-15)26-12-11-25-18-6-5-17(13-27-18)31(36)37/h1-10,13H,11-12H2,(H,25,27)(H,32,33)(H,26,28,29). The van der Waals surface area contributed by atoms with Crippen LogP contribution in [0.15, 0.2) is 67.1 Å². The Hall–Kier alpha value is -5.53. The minimum Gasteiger partial charge on any atom is -0.478 e. The molecule has 0 aliphatic carbocycles. The molecule has 0 atom stereocenters. The zero-order valence-electron chi connectivity index (χ0n) is 18.9. The van der Waals surface area contributed by atoms with Crippen molar-refractivity contribution in [3.8, 4) is 22.5 Å². The topological polar surface area (TPSA) is 199 Å². The smallest absolute Gasteiger partial charge is 0.340 e. The van der Waals surface area contributed by atoms with Gasteiger partial charge in [0.15, 0.2) is 0 Å². The molecule has 0 saturated heterocycles. The summed E-state index contributed by atoms with van der Waals surface area (Å²) in [6.45, 7) is 0.632. The molecule has 0 aliphatic heterocycles. The van der Waals surface area contributed by atoms with Gasteiger partial charge in [-0.15, -0.1) is 0 Å². The molecule has 0 radical (unpaired) electrons. The summed E-state index contributed by atoms with van der Waals surface area (Å²) in [6, 6.07) is 11.4. The minimum atomic E-state index is -1.27. The summed E-state index contributed by atoms with van der Waals surface area (Å²) < 4.78 is 0. The molecule has 3 aromatic heterocycles. The van der Waals surface area contributed by atoms with Gasteiger partial charge in [-0.05, 0) is 30.3 Å². The van der Waals surface area contributed by atoms with Gasteiger partial charge >= 0.3 is 5.97 Å². The fourth-order valence-corrected chi connectivity index (χ4v) is 3.37. The molecule has 14 heteroatoms. The Morgan fingerprint density at radius 1 is 0.811 bits per heavy atom. The van der Waals surface area contributed by atoms with E-state index >= 15 is 0 Å². The number of carboxylic acid groups (broad SMARTS) is 1. The number of nitro groups is 2. The van der Waals surface area contributed by atoms with Gasteiger partial charge in [0.1, 0.15) is 17.6 Å². The Bertz CT molecular complexity index is 1450. The van der Waals surface area contributed by atoms with Crippen LogP contribution in [0.5, 0.6) is 0 Å². The fraction of sp³-hybridized carbons (Fsp3) is 0.0870. The zero-order chi connectivity index (χ0) is 26.4. The van der Waals surface area contributed by atoms with E-state index < -0.39 is 15.8 Å². The summed E-state index contributed by atoms with van der Waals surface area (Å²) >= 11 is 0. The van der Waals surface area contributed by atoms with Crippen LogP contribution in [0.25, 0.3) is 22.5 Å². The summed E-state index contributed by atoms with van der Waals surface area (Å²) in [5.74, 6) is -0.708. The van der Waals surface area contributed by atoms with Gasteiger partial charge in [-0.3, -0.25) is 25.2 Å². The maximum Gasteiger partial charge on any atom is 0.340 e. The van der Waals surface area contributed by atoms with Crippen molar-refractivity contribution in [3.05, 3.63) is 92.9 Å². The molecule has 0 bridgehead atoms. The average Bonchev–Trinajstić information content (AvgIpc) is 2.91. The first-order valence-corrected chi connectivity index (χ1v) is 10.7. The zero-order valence-corrected chi connectivity index (χ0v) is 18.9. The van der Waals surface area contributed by atoms with Crippen LogP contribution < -0.4 is 10.6 Å². The van der Waals surface area contributed by atoms with Crippen LogP contribution in [0.3, 0.4) is 0 Å². The first-order valence-electron chi connectivity index (χ1n) is 10.7. The third-order valence-electron chi connectivity index (χ3n) is 5.10. The molecule has 0 amide bonds. The molecule has 0 aliphatic rings. The molecular weight excluding hydrogens is 484 g/mol. The molecule has 3 heterocycles. The quantitative estimate of drug-likeness (QED) is 0.162. The second kappa shape index (κ2) is 10.8. The lowest BCUT2D eigenvalue weighted by Crippen LogP contribution is -2.17. The third kappa shape index (κ3) is 5.76. The molecule has 1 aromatic carbocycles. The highest BCUT2D eigenvalue weighted by molar-refractivity contribution is 6.01. The Balaban J connectivity index is 1.63. The first kappa shape index (κ1) is 24.6. The van der Waals surface area contributed by atoms with Crippen molar-refractivity contribution in [1.29, 1.82) is 0 Å². The van der Waals surface area contributed by atoms with Gasteiger partial charge in [0, 0.05) is 54.8 Å². The molecular formula is C23H18N8O6. The van der Waals surface area contributed by atoms with Gasteiger partial charge in [-0.25, -0.2) is 19.7 Å². The monoisotopic (exact) mass is 502 g/mol. The average molecular weight is 502 g/mol. The number of hydrogen-bond donors (Lipinski definition) is 3. The number of benzene rings is 1. The number of aromatic nitrogens is 4. The molecule has 0 saturated carbocycles. The number of carbonyl (C=O) groups is 1. The third-order valence-corrected chi connectivity index (χ3v) is 5.10. The molecule has 37 heavy (non-hydrogen) atoms. The van der Waals surface area contributed by atoms with E-state index in [9.17, 15) is 30.1 Å². The van der Waals surface area contributed by atoms with Gasteiger partial charge in [0.05, 0.1) is 21.2 Å². The predicted octanol–water partition coefficient (Wildman–Crippen LogP) is 3.64. The highest BCUT2D eigenvalue weighted by Gasteiger charge is 2.23. The Labute approximate surface area is 208 Å². The number of rotatable bonds is 10. The van der Waals surface area contributed by atoms with Crippen LogP contribution in [0.1, 0.15) is 10.4 Å². The predicted molar refractivity (Wildman–Crippen MR) is 132 cm³/mol. The van der Waals surface area contributed by atoms with E-state index in [1.807, 2.05) is 0 Å². The molecule has 186 valence electrons. The van der Waals surface area contributed by atoms with Gasteiger partial charge in [-0.2, -0.15) is 0 Å². The van der Waals surface area contributed by atoms with Gasteiger partial charge in [0.2, 0.25) is 5.95 Å². The van der Waals surface area contributed by atoms with Gasteiger partial charge in [0.25, 0.3) is 11.4 Å². The number of pyridine rings is 2. The van der Waals surface area contributed by atoms with Crippen LogP contribution in [-0.4, -0.2) is 53.9 Å². The largest absolute Gasteiger partial charge is 0.478 e. The Morgan fingerprint density at radius 3 is 1.92 bits per heavy atom. The number of non-ortho nitro benzene ring substituents is 1. The lowest BCUT2D eigenvalue weighted by molar-refractivity contribution is -0.385. The Kier molecular flexibility index (Phi) is 7.19. The van der Waals surface area contributed by atoms with Crippen molar-refractivity contribution >= 4 is 29.1 Å². The highest BCUT2D eigenvalue weighted by atomic mass is 16.6. The first-order chi connectivity index (χ1) is 17.8. The summed E-state index contributed by atoms with van der Waals surface area (Å²) in [6.07, 6.45) is 4.15. The minimum absolute atomic E-state index is 0.0803. The van der Waals surface area contributed by atoms with E-state index in [1.165, 1.54) is 48.8 Å². The number of carboxylic acids is 1. The van der Waals surface area contributed by atoms with Crippen LogP contribution in [0.2, 0.25) is 0 Å². The van der Waals surface area contributed by atoms with Crippen molar-refractivity contribution < 1.29 is 19.7 Å². The van der Waals surface area contributed by atoms with E-state index in [-0.39, 0.29) is 34.3 Å². The highest BCUT2D eigenvalue weighted by Crippen LogP contribution is 2.32. The van der Waals surface area contributed by atoms with Crippen molar-refractivity contribution in [2.75, 3.05) is 23.7 Å². The molecule has 4 aromatic rings. The summed E-state index contributed by atoms with van der Waals surface area (Å²) in [7, 11) is 0. The molecule has 0 fully saturated rings. The molecule has 0 spiro atoms.